The highest BCUT2D eigenvalue weighted by Gasteiger charge is 2.30. The Morgan fingerprint density at radius 3 is 2.56 bits per heavy atom. The monoisotopic (exact) mass is 266 g/mol. The van der Waals surface area contributed by atoms with Crippen LogP contribution in [-0.4, -0.2) is 47.1 Å². The minimum absolute atomic E-state index is 0.483. The summed E-state index contributed by atoms with van der Waals surface area (Å²) in [6, 6.07) is 0.698. The molecule has 3 rings (SSSR count). The molecule has 3 heterocycles. The van der Waals surface area contributed by atoms with E-state index in [1.54, 1.807) is 0 Å². The number of hydrogen-bond donors (Lipinski definition) is 0. The standard InChI is InChI=1S/C13H19ClN4/c14-7-11-8-15-13(16-9-11)18-6-3-12(10-18)17-4-1-2-5-17/h8-9,12H,1-7,10H2. The Kier molecular flexibility index (Phi) is 3.66. The van der Waals surface area contributed by atoms with Crippen LogP contribution >= 0.6 is 11.6 Å². The maximum Gasteiger partial charge on any atom is 0.225 e. The third kappa shape index (κ3) is 2.45. The van der Waals surface area contributed by atoms with Gasteiger partial charge in [-0.05, 0) is 32.4 Å². The van der Waals surface area contributed by atoms with Crippen LogP contribution in [0.25, 0.3) is 0 Å². The van der Waals surface area contributed by atoms with Gasteiger partial charge in [0.15, 0.2) is 0 Å². The molecule has 18 heavy (non-hydrogen) atoms. The lowest BCUT2D eigenvalue weighted by atomic mass is 10.2. The Hall–Kier alpha value is -0.870. The first-order valence-corrected chi connectivity index (χ1v) is 7.26. The van der Waals surface area contributed by atoms with E-state index in [1.165, 1.54) is 32.4 Å². The first-order chi connectivity index (χ1) is 8.86. The quantitative estimate of drug-likeness (QED) is 0.782. The second-order valence-electron chi connectivity index (χ2n) is 5.16. The fourth-order valence-corrected chi connectivity index (χ4v) is 3.05. The van der Waals surface area contributed by atoms with Gasteiger partial charge in [-0.1, -0.05) is 0 Å². The predicted octanol–water partition coefficient (Wildman–Crippen LogP) is 1.89. The molecule has 0 N–H and O–H groups in total. The smallest absolute Gasteiger partial charge is 0.225 e. The van der Waals surface area contributed by atoms with Crippen molar-refractivity contribution in [2.75, 3.05) is 31.1 Å². The van der Waals surface area contributed by atoms with E-state index in [1.807, 2.05) is 12.4 Å². The molecule has 5 heteroatoms. The van der Waals surface area contributed by atoms with Crippen molar-refractivity contribution in [2.45, 2.75) is 31.2 Å². The number of nitrogens with zero attached hydrogens (tertiary/aromatic N) is 4. The van der Waals surface area contributed by atoms with Crippen molar-refractivity contribution in [3.8, 4) is 0 Å². The third-order valence-electron chi connectivity index (χ3n) is 3.95. The van der Waals surface area contributed by atoms with Crippen molar-refractivity contribution in [1.29, 1.82) is 0 Å². The van der Waals surface area contributed by atoms with Crippen LogP contribution in [0.2, 0.25) is 0 Å². The SMILES string of the molecule is ClCc1cnc(N2CCC(N3CCCC3)C2)nc1. The second kappa shape index (κ2) is 5.41. The summed E-state index contributed by atoms with van der Waals surface area (Å²) in [4.78, 5) is 13.7. The van der Waals surface area contributed by atoms with Crippen molar-refractivity contribution >= 4 is 17.5 Å². The Morgan fingerprint density at radius 2 is 1.89 bits per heavy atom. The number of anilines is 1. The highest BCUT2D eigenvalue weighted by atomic mass is 35.5. The normalized spacial score (nSPS) is 24.9. The summed E-state index contributed by atoms with van der Waals surface area (Å²) in [6.07, 6.45) is 7.62. The van der Waals surface area contributed by atoms with Crippen LogP contribution in [0.5, 0.6) is 0 Å². The molecular weight excluding hydrogens is 248 g/mol. The van der Waals surface area contributed by atoms with E-state index in [9.17, 15) is 0 Å². The third-order valence-corrected chi connectivity index (χ3v) is 4.26. The van der Waals surface area contributed by atoms with Gasteiger partial charge in [-0.2, -0.15) is 0 Å². The van der Waals surface area contributed by atoms with E-state index in [2.05, 4.69) is 19.8 Å². The van der Waals surface area contributed by atoms with Crippen LogP contribution in [-0.2, 0) is 5.88 Å². The molecule has 0 saturated carbocycles. The van der Waals surface area contributed by atoms with E-state index >= 15 is 0 Å². The van der Waals surface area contributed by atoms with Gasteiger partial charge in [0.1, 0.15) is 0 Å². The zero-order valence-corrected chi connectivity index (χ0v) is 11.3. The Balaban J connectivity index is 1.63. The van der Waals surface area contributed by atoms with E-state index in [4.69, 9.17) is 11.6 Å². The molecule has 1 aromatic heterocycles. The highest BCUT2D eigenvalue weighted by molar-refractivity contribution is 6.17. The Labute approximate surface area is 113 Å². The zero-order chi connectivity index (χ0) is 12.4. The van der Waals surface area contributed by atoms with E-state index in [-0.39, 0.29) is 0 Å². The molecule has 2 saturated heterocycles. The molecule has 0 spiro atoms. The van der Waals surface area contributed by atoms with Gasteiger partial charge in [0, 0.05) is 37.1 Å². The lowest BCUT2D eigenvalue weighted by Gasteiger charge is -2.23. The maximum atomic E-state index is 5.75. The van der Waals surface area contributed by atoms with Gasteiger partial charge in [0.05, 0.1) is 5.88 Å². The van der Waals surface area contributed by atoms with Gasteiger partial charge < -0.3 is 4.90 Å². The molecule has 1 unspecified atom stereocenters. The van der Waals surface area contributed by atoms with Gasteiger partial charge in [0.25, 0.3) is 0 Å². The van der Waals surface area contributed by atoms with Gasteiger partial charge in [-0.25, -0.2) is 9.97 Å². The first-order valence-electron chi connectivity index (χ1n) is 6.72. The molecule has 0 bridgehead atoms. The van der Waals surface area contributed by atoms with E-state index in [0.29, 0.717) is 11.9 Å². The minimum atomic E-state index is 0.483. The summed E-state index contributed by atoms with van der Waals surface area (Å²) in [5.41, 5.74) is 0.982. The number of alkyl halides is 1. The lowest BCUT2D eigenvalue weighted by Crippen LogP contribution is -2.35. The average Bonchev–Trinajstić information content (AvgIpc) is 3.09. The topological polar surface area (TPSA) is 32.3 Å². The fraction of sp³-hybridized carbons (Fsp3) is 0.692. The molecule has 1 atom stereocenters. The van der Waals surface area contributed by atoms with Crippen molar-refractivity contribution in [2.24, 2.45) is 0 Å². The summed E-state index contributed by atoms with van der Waals surface area (Å²) < 4.78 is 0. The Bertz CT molecular complexity index is 388. The average molecular weight is 267 g/mol. The lowest BCUT2D eigenvalue weighted by molar-refractivity contribution is 0.260. The molecule has 2 fully saturated rings. The summed E-state index contributed by atoms with van der Waals surface area (Å²) in [7, 11) is 0. The number of aromatic nitrogens is 2. The van der Waals surface area contributed by atoms with Crippen LogP contribution in [0.3, 0.4) is 0 Å². The number of halogens is 1. The van der Waals surface area contributed by atoms with E-state index < -0.39 is 0 Å². The summed E-state index contributed by atoms with van der Waals surface area (Å²) in [5, 5.41) is 0. The summed E-state index contributed by atoms with van der Waals surface area (Å²) in [6.45, 7) is 4.68. The first kappa shape index (κ1) is 12.2. The second-order valence-corrected chi connectivity index (χ2v) is 5.42. The van der Waals surface area contributed by atoms with Crippen LogP contribution in [0, 0.1) is 0 Å². The van der Waals surface area contributed by atoms with Crippen molar-refractivity contribution in [3.63, 3.8) is 0 Å². The molecule has 1 aromatic rings. The molecule has 98 valence electrons. The van der Waals surface area contributed by atoms with Gasteiger partial charge >= 0.3 is 0 Å². The van der Waals surface area contributed by atoms with Crippen LogP contribution in [0.15, 0.2) is 12.4 Å². The molecule has 0 amide bonds. The molecule has 2 aliphatic rings. The summed E-state index contributed by atoms with van der Waals surface area (Å²) in [5.74, 6) is 1.34. The van der Waals surface area contributed by atoms with Gasteiger partial charge in [-0.15, -0.1) is 11.6 Å². The number of likely N-dealkylation sites (tertiary alicyclic amines) is 1. The molecule has 2 aliphatic heterocycles. The largest absolute Gasteiger partial charge is 0.339 e. The molecule has 0 aliphatic carbocycles. The predicted molar refractivity (Wildman–Crippen MR) is 73.0 cm³/mol. The van der Waals surface area contributed by atoms with Crippen LogP contribution in [0.1, 0.15) is 24.8 Å². The van der Waals surface area contributed by atoms with Crippen LogP contribution < -0.4 is 4.90 Å². The molecule has 0 radical (unpaired) electrons. The number of hydrogen-bond acceptors (Lipinski definition) is 4. The maximum absolute atomic E-state index is 5.75. The zero-order valence-electron chi connectivity index (χ0n) is 10.6. The number of rotatable bonds is 3. The molecule has 0 aromatic carbocycles. The van der Waals surface area contributed by atoms with Crippen molar-refractivity contribution < 1.29 is 0 Å². The fourth-order valence-electron chi connectivity index (χ4n) is 2.91. The van der Waals surface area contributed by atoms with Gasteiger partial charge in [0.2, 0.25) is 5.95 Å². The molecular formula is C13H19ClN4. The highest BCUT2D eigenvalue weighted by Crippen LogP contribution is 2.22. The summed E-state index contributed by atoms with van der Waals surface area (Å²) >= 11 is 5.75. The molecule has 4 nitrogen and oxygen atoms in total. The Morgan fingerprint density at radius 1 is 1.17 bits per heavy atom. The minimum Gasteiger partial charge on any atom is -0.339 e. The van der Waals surface area contributed by atoms with E-state index in [0.717, 1.165) is 24.6 Å². The van der Waals surface area contributed by atoms with Crippen molar-refractivity contribution in [1.82, 2.24) is 14.9 Å². The van der Waals surface area contributed by atoms with Crippen molar-refractivity contribution in [3.05, 3.63) is 18.0 Å². The van der Waals surface area contributed by atoms with Crippen LogP contribution in [0.4, 0.5) is 5.95 Å². The van der Waals surface area contributed by atoms with Gasteiger partial charge in [-0.3, -0.25) is 4.90 Å².